The lowest BCUT2D eigenvalue weighted by atomic mass is 10.2. The Kier molecular flexibility index (Phi) is 8.33. The van der Waals surface area contributed by atoms with Crippen molar-refractivity contribution in [1.82, 2.24) is 0 Å². The van der Waals surface area contributed by atoms with Crippen LogP contribution in [0.15, 0.2) is 48.5 Å². The minimum absolute atomic E-state index is 0.00313. The van der Waals surface area contributed by atoms with E-state index in [1.807, 2.05) is 0 Å². The number of benzene rings is 2. The number of alkyl halides is 6. The van der Waals surface area contributed by atoms with Gasteiger partial charge in [0.2, 0.25) is 0 Å². The molecule has 0 heterocycles. The molecule has 11 heteroatoms. The highest BCUT2D eigenvalue weighted by molar-refractivity contribution is 7.86. The topological polar surface area (TPSA) is 57.2 Å². The van der Waals surface area contributed by atoms with Gasteiger partial charge in [-0.1, -0.05) is 35.4 Å². The van der Waals surface area contributed by atoms with Gasteiger partial charge in [-0.05, 0) is 38.1 Å². The first-order valence-corrected chi connectivity index (χ1v) is 11.0. The van der Waals surface area contributed by atoms with E-state index in [-0.39, 0.29) is 21.2 Å². The normalized spacial score (nSPS) is 13.5. The average molecular weight is 540 g/mol. The van der Waals surface area contributed by atoms with E-state index in [0.717, 1.165) is 0 Å². The Morgan fingerprint density at radius 1 is 0.821 bits per heavy atom. The van der Waals surface area contributed by atoms with Crippen molar-refractivity contribution in [2.45, 2.75) is 31.5 Å². The zero-order valence-corrected chi connectivity index (χ0v) is 17.4. The molecule has 0 saturated carbocycles. The van der Waals surface area contributed by atoms with Crippen LogP contribution in [0.25, 0.3) is 0 Å². The molecule has 1 unspecified atom stereocenters. The van der Waals surface area contributed by atoms with Crippen LogP contribution in [-0.2, 0) is 10.1 Å². The molecule has 0 aliphatic rings. The van der Waals surface area contributed by atoms with Crippen molar-refractivity contribution in [3.63, 3.8) is 0 Å². The Hall–Kier alpha value is -1.34. The van der Waals surface area contributed by atoms with E-state index in [0.29, 0.717) is 0 Å². The van der Waals surface area contributed by atoms with E-state index in [1.54, 1.807) is 0 Å². The smallest absolute Gasteiger partial charge is 0.426 e. The van der Waals surface area contributed by atoms with Crippen LogP contribution in [0.1, 0.15) is 11.1 Å². The van der Waals surface area contributed by atoms with Gasteiger partial charge < -0.3 is 4.55 Å². The summed E-state index contributed by atoms with van der Waals surface area (Å²) in [5.74, 6) is 0. The maximum atomic E-state index is 11.8. The lowest BCUT2D eigenvalue weighted by molar-refractivity contribution is -0.597. The van der Waals surface area contributed by atoms with Crippen molar-refractivity contribution < 1.29 is 60.5 Å². The van der Waals surface area contributed by atoms with Crippen LogP contribution in [0.4, 0.5) is 26.3 Å². The number of aryl methyl sites for hydroxylation is 2. The highest BCUT2D eigenvalue weighted by Crippen LogP contribution is 2.37. The molecule has 3 nitrogen and oxygen atoms in total. The maximum absolute atomic E-state index is 11.8. The molecule has 0 saturated heterocycles. The maximum Gasteiger partial charge on any atom is 0.426 e. The number of rotatable bonds is 4. The van der Waals surface area contributed by atoms with Crippen molar-refractivity contribution in [3.8, 4) is 0 Å². The van der Waals surface area contributed by atoms with Gasteiger partial charge in [0.15, 0.2) is 17.3 Å². The van der Waals surface area contributed by atoms with Gasteiger partial charge in [-0.25, -0.2) is 12.8 Å². The minimum Gasteiger partial charge on any atom is -0.743 e. The SMILES string of the molecule is Cc1ccc([I+]c2ccc(C)cc2)cc1.O=S(=O)([O-])C(F)(F)C(F)C(F)(F)F. The van der Waals surface area contributed by atoms with Gasteiger partial charge in [0.25, 0.3) is 6.17 Å². The van der Waals surface area contributed by atoms with Gasteiger partial charge in [0.1, 0.15) is 0 Å². The molecular weight excluding hydrogens is 525 g/mol. The summed E-state index contributed by atoms with van der Waals surface area (Å²) in [5.41, 5.74) is 2.68. The molecule has 28 heavy (non-hydrogen) atoms. The number of hydrogen-bond acceptors (Lipinski definition) is 3. The molecular formula is C17H15F6IO3S. The van der Waals surface area contributed by atoms with Crippen LogP contribution >= 0.6 is 0 Å². The predicted octanol–water partition coefficient (Wildman–Crippen LogP) is 1.46. The van der Waals surface area contributed by atoms with Gasteiger partial charge in [-0.2, -0.15) is 22.0 Å². The highest BCUT2D eigenvalue weighted by atomic mass is 127. The lowest BCUT2D eigenvalue weighted by Crippen LogP contribution is -3.61. The van der Waals surface area contributed by atoms with Gasteiger partial charge in [-0.15, -0.1) is 0 Å². The van der Waals surface area contributed by atoms with Crippen LogP contribution in [0.2, 0.25) is 0 Å². The molecule has 2 aromatic rings. The molecule has 2 rings (SSSR count). The third-order valence-electron chi connectivity index (χ3n) is 3.16. The Balaban J connectivity index is 0.000000284. The largest absolute Gasteiger partial charge is 0.743 e. The average Bonchev–Trinajstić information content (AvgIpc) is 2.57. The molecule has 0 aliphatic carbocycles. The summed E-state index contributed by atoms with van der Waals surface area (Å²) in [6, 6.07) is 17.8. The second-order valence-corrected chi connectivity index (χ2v) is 10.1. The molecule has 0 N–H and O–H groups in total. The standard InChI is InChI=1S/C14H14I.C3H2F6O3S/c1-11-3-7-13(8-4-11)15-14-9-5-12(2)6-10-14;4-1(2(5,6)7)3(8,9)13(10,11)12/h3-10H,1-2H3;1H,(H,10,11,12)/q+1;/p-1. The Labute approximate surface area is 168 Å². The zero-order valence-electron chi connectivity index (χ0n) is 14.5. The number of hydrogen-bond donors (Lipinski definition) is 0. The number of halogens is 7. The third-order valence-corrected chi connectivity index (χ3v) is 6.71. The van der Waals surface area contributed by atoms with Crippen molar-refractivity contribution in [2.75, 3.05) is 0 Å². The van der Waals surface area contributed by atoms with Gasteiger partial charge in [0.05, 0.1) is 0 Å². The van der Waals surface area contributed by atoms with E-state index in [4.69, 9.17) is 0 Å². The molecule has 0 bridgehead atoms. The minimum atomic E-state index is -6.66. The molecule has 2 aromatic carbocycles. The van der Waals surface area contributed by atoms with E-state index in [1.165, 1.54) is 18.3 Å². The van der Waals surface area contributed by atoms with Crippen LogP contribution in [0.5, 0.6) is 0 Å². The van der Waals surface area contributed by atoms with E-state index in [2.05, 4.69) is 62.4 Å². The highest BCUT2D eigenvalue weighted by Gasteiger charge is 2.61. The first-order valence-electron chi connectivity index (χ1n) is 7.47. The van der Waals surface area contributed by atoms with Crippen molar-refractivity contribution in [2.24, 2.45) is 0 Å². The Morgan fingerprint density at radius 2 is 1.14 bits per heavy atom. The molecule has 0 fully saturated rings. The summed E-state index contributed by atoms with van der Waals surface area (Å²) in [6.07, 6.45) is -11.1. The van der Waals surface area contributed by atoms with Gasteiger partial charge in [0, 0.05) is 0 Å². The second kappa shape index (κ2) is 9.44. The molecule has 0 spiro atoms. The summed E-state index contributed by atoms with van der Waals surface area (Å²) in [7, 11) is -6.66. The fourth-order valence-corrected chi connectivity index (χ4v) is 4.18. The quantitative estimate of drug-likeness (QED) is 0.336. The summed E-state index contributed by atoms with van der Waals surface area (Å²) in [6.45, 7) is 4.27. The van der Waals surface area contributed by atoms with Crippen LogP contribution < -0.4 is 21.2 Å². The van der Waals surface area contributed by atoms with E-state index >= 15 is 0 Å². The predicted molar refractivity (Wildman–Crippen MR) is 85.3 cm³/mol. The Morgan fingerprint density at radius 3 is 1.36 bits per heavy atom. The first kappa shape index (κ1) is 24.7. The summed E-state index contributed by atoms with van der Waals surface area (Å²) < 4.78 is 100. The summed E-state index contributed by atoms with van der Waals surface area (Å²) >= 11 is 0.00313. The van der Waals surface area contributed by atoms with Crippen molar-refractivity contribution >= 4 is 10.1 Å². The van der Waals surface area contributed by atoms with Gasteiger partial charge >= 0.3 is 32.6 Å². The molecule has 0 amide bonds. The summed E-state index contributed by atoms with van der Waals surface area (Å²) in [4.78, 5) is 0. The van der Waals surface area contributed by atoms with Crippen LogP contribution in [0, 0.1) is 21.0 Å². The monoisotopic (exact) mass is 540 g/mol. The molecule has 0 aliphatic heterocycles. The molecule has 1 atom stereocenters. The fourth-order valence-electron chi connectivity index (χ4n) is 1.64. The van der Waals surface area contributed by atoms with Gasteiger partial charge in [-0.3, -0.25) is 0 Å². The first-order chi connectivity index (χ1) is 12.6. The molecule has 156 valence electrons. The van der Waals surface area contributed by atoms with Crippen LogP contribution in [-0.4, -0.2) is 30.6 Å². The third kappa shape index (κ3) is 7.24. The summed E-state index contributed by atoms with van der Waals surface area (Å²) in [5, 5.41) is -5.99. The molecule has 0 aromatic heterocycles. The Bertz CT molecular complexity index is 822. The molecule has 0 radical (unpaired) electrons. The second-order valence-electron chi connectivity index (χ2n) is 5.61. The van der Waals surface area contributed by atoms with Crippen molar-refractivity contribution in [3.05, 3.63) is 66.8 Å². The van der Waals surface area contributed by atoms with E-state index in [9.17, 15) is 39.3 Å². The van der Waals surface area contributed by atoms with Crippen LogP contribution in [0.3, 0.4) is 0 Å². The lowest BCUT2D eigenvalue weighted by Gasteiger charge is -2.24. The van der Waals surface area contributed by atoms with Crippen molar-refractivity contribution in [1.29, 1.82) is 0 Å². The van der Waals surface area contributed by atoms with E-state index < -0.39 is 27.7 Å². The zero-order chi connectivity index (χ0) is 21.8. The fraction of sp³-hybridized carbons (Fsp3) is 0.294.